The van der Waals surface area contributed by atoms with Gasteiger partial charge < -0.3 is 9.64 Å². The van der Waals surface area contributed by atoms with E-state index in [9.17, 15) is 4.79 Å². The van der Waals surface area contributed by atoms with E-state index < -0.39 is 0 Å². The van der Waals surface area contributed by atoms with Crippen LogP contribution >= 0.6 is 11.8 Å². The molecule has 1 heterocycles. The van der Waals surface area contributed by atoms with Gasteiger partial charge in [-0.3, -0.25) is 4.79 Å². The number of rotatable bonds is 6. The number of nitrogens with zero attached hydrogens (tertiary/aromatic N) is 1. The lowest BCUT2D eigenvalue weighted by Gasteiger charge is -2.16. The summed E-state index contributed by atoms with van der Waals surface area (Å²) in [7, 11) is 1.71. The molecule has 0 aromatic heterocycles. The highest BCUT2D eigenvalue weighted by Crippen LogP contribution is 2.28. The zero-order chi connectivity index (χ0) is 12.8. The van der Waals surface area contributed by atoms with Gasteiger partial charge in [0.05, 0.1) is 5.25 Å². The fraction of sp³-hybridized carbons (Fsp3) is 0.500. The van der Waals surface area contributed by atoms with E-state index in [1.807, 2.05) is 35.2 Å². The molecule has 0 saturated carbocycles. The molecule has 1 aliphatic heterocycles. The van der Waals surface area contributed by atoms with Crippen LogP contribution in [-0.2, 0) is 9.53 Å². The molecule has 1 aromatic carbocycles. The van der Waals surface area contributed by atoms with Crippen LogP contribution in [0.4, 0.5) is 5.69 Å². The number of methoxy groups -OCH3 is 1. The third kappa shape index (κ3) is 3.27. The number of anilines is 1. The van der Waals surface area contributed by atoms with Crippen molar-refractivity contribution in [3.63, 3.8) is 0 Å². The lowest BCUT2D eigenvalue weighted by molar-refractivity contribution is -0.116. The maximum atomic E-state index is 12.2. The minimum atomic E-state index is 0.127. The van der Waals surface area contributed by atoms with Crippen molar-refractivity contribution >= 4 is 23.4 Å². The van der Waals surface area contributed by atoms with Crippen LogP contribution in [0.3, 0.4) is 0 Å². The molecule has 0 aliphatic carbocycles. The van der Waals surface area contributed by atoms with Crippen molar-refractivity contribution < 1.29 is 9.53 Å². The number of hydrogen-bond donors (Lipinski definition) is 0. The fourth-order valence-corrected chi connectivity index (χ4v) is 3.21. The third-order valence-corrected chi connectivity index (χ3v) is 4.40. The predicted molar refractivity (Wildman–Crippen MR) is 76.2 cm³/mol. The number of hydrogen-bond acceptors (Lipinski definition) is 3. The predicted octanol–water partition coefficient (Wildman–Crippen LogP) is 2.56. The van der Waals surface area contributed by atoms with Crippen molar-refractivity contribution in [2.45, 2.75) is 18.1 Å². The molecule has 98 valence electrons. The molecule has 1 saturated heterocycles. The van der Waals surface area contributed by atoms with Crippen LogP contribution in [0, 0.1) is 0 Å². The maximum Gasteiger partial charge on any atom is 0.240 e. The number of benzene rings is 1. The zero-order valence-corrected chi connectivity index (χ0v) is 11.5. The average molecular weight is 265 g/mol. The summed E-state index contributed by atoms with van der Waals surface area (Å²) in [5.74, 6) is 1.25. The standard InChI is InChI=1S/C14H19NO2S/c1-17-10-5-11-18-13-8-9-15(14(13)16)12-6-3-2-4-7-12/h2-4,6-7,13H,5,8-11H2,1H3/t13-/m1/s1. The highest BCUT2D eigenvalue weighted by Gasteiger charge is 2.32. The molecular weight excluding hydrogens is 246 g/mol. The van der Waals surface area contributed by atoms with E-state index in [0.717, 1.165) is 37.4 Å². The number of thioether (sulfide) groups is 1. The molecule has 4 heteroatoms. The largest absolute Gasteiger partial charge is 0.385 e. The average Bonchev–Trinajstić information content (AvgIpc) is 2.77. The quantitative estimate of drug-likeness (QED) is 0.740. The molecular formula is C14H19NO2S. The normalized spacial score (nSPS) is 19.5. The Bertz CT molecular complexity index is 383. The number of amides is 1. The first-order chi connectivity index (χ1) is 8.83. The number of carbonyl (C=O) groups excluding carboxylic acids is 1. The van der Waals surface area contributed by atoms with E-state index >= 15 is 0 Å². The molecule has 3 nitrogen and oxygen atoms in total. The van der Waals surface area contributed by atoms with Crippen molar-refractivity contribution in [2.24, 2.45) is 0 Å². The summed E-state index contributed by atoms with van der Waals surface area (Å²) in [6.45, 7) is 1.61. The molecule has 18 heavy (non-hydrogen) atoms. The van der Waals surface area contributed by atoms with E-state index in [0.29, 0.717) is 0 Å². The van der Waals surface area contributed by atoms with Crippen LogP contribution in [0.15, 0.2) is 30.3 Å². The molecule has 2 rings (SSSR count). The topological polar surface area (TPSA) is 29.5 Å². The summed E-state index contributed by atoms with van der Waals surface area (Å²) in [5, 5.41) is 0.127. The molecule has 0 unspecified atom stereocenters. The lowest BCUT2D eigenvalue weighted by Crippen LogP contribution is -2.28. The van der Waals surface area contributed by atoms with Crippen molar-refractivity contribution in [2.75, 3.05) is 30.9 Å². The van der Waals surface area contributed by atoms with Crippen LogP contribution in [0.25, 0.3) is 0 Å². The van der Waals surface area contributed by atoms with E-state index in [2.05, 4.69) is 0 Å². The Hall–Kier alpha value is -1.00. The second-order valence-electron chi connectivity index (χ2n) is 4.32. The van der Waals surface area contributed by atoms with Gasteiger partial charge in [-0.25, -0.2) is 0 Å². The number of ether oxygens (including phenoxy) is 1. The van der Waals surface area contributed by atoms with Gasteiger partial charge in [0.25, 0.3) is 0 Å². The first-order valence-corrected chi connectivity index (χ1v) is 7.35. The van der Waals surface area contributed by atoms with Crippen LogP contribution in [0.2, 0.25) is 0 Å². The smallest absolute Gasteiger partial charge is 0.240 e. The van der Waals surface area contributed by atoms with E-state index in [-0.39, 0.29) is 11.2 Å². The summed E-state index contributed by atoms with van der Waals surface area (Å²) < 4.78 is 5.02. The lowest BCUT2D eigenvalue weighted by atomic mass is 10.3. The molecule has 1 amide bonds. The molecule has 0 radical (unpaired) electrons. The van der Waals surface area contributed by atoms with Gasteiger partial charge in [0.2, 0.25) is 5.91 Å². The zero-order valence-electron chi connectivity index (χ0n) is 10.7. The first kappa shape index (κ1) is 13.4. The van der Waals surface area contributed by atoms with Crippen molar-refractivity contribution in [3.8, 4) is 0 Å². The Kier molecular flexibility index (Phi) is 5.08. The molecule has 0 spiro atoms. The minimum absolute atomic E-state index is 0.127. The van der Waals surface area contributed by atoms with Gasteiger partial charge in [0.1, 0.15) is 0 Å². The molecule has 1 aromatic rings. The van der Waals surface area contributed by atoms with Crippen LogP contribution in [0.1, 0.15) is 12.8 Å². The summed E-state index contributed by atoms with van der Waals surface area (Å²) in [4.78, 5) is 14.1. The Morgan fingerprint density at radius 2 is 2.17 bits per heavy atom. The van der Waals surface area contributed by atoms with Gasteiger partial charge in [-0.1, -0.05) is 18.2 Å². The van der Waals surface area contributed by atoms with Crippen molar-refractivity contribution in [1.82, 2.24) is 0 Å². The Labute approximate surface area is 113 Å². The Morgan fingerprint density at radius 3 is 2.89 bits per heavy atom. The third-order valence-electron chi connectivity index (χ3n) is 3.04. The summed E-state index contributed by atoms with van der Waals surface area (Å²) in [6.07, 6.45) is 1.96. The van der Waals surface area contributed by atoms with Crippen LogP contribution < -0.4 is 4.90 Å². The molecule has 0 N–H and O–H groups in total. The molecule has 1 atom stereocenters. The van der Waals surface area contributed by atoms with Crippen LogP contribution in [0.5, 0.6) is 0 Å². The monoisotopic (exact) mass is 265 g/mol. The first-order valence-electron chi connectivity index (χ1n) is 6.30. The van der Waals surface area contributed by atoms with Crippen molar-refractivity contribution in [1.29, 1.82) is 0 Å². The summed E-state index contributed by atoms with van der Waals surface area (Å²) in [5.41, 5.74) is 1.02. The summed E-state index contributed by atoms with van der Waals surface area (Å²) in [6, 6.07) is 9.91. The number of para-hydroxylation sites is 1. The van der Waals surface area contributed by atoms with E-state index in [4.69, 9.17) is 4.74 Å². The van der Waals surface area contributed by atoms with E-state index in [1.165, 1.54) is 0 Å². The Morgan fingerprint density at radius 1 is 1.39 bits per heavy atom. The number of carbonyl (C=O) groups is 1. The second kappa shape index (κ2) is 6.81. The maximum absolute atomic E-state index is 12.2. The van der Waals surface area contributed by atoms with Gasteiger partial charge in [-0.05, 0) is 30.7 Å². The van der Waals surface area contributed by atoms with Gasteiger partial charge in [-0.2, -0.15) is 0 Å². The SMILES string of the molecule is COCCCS[C@@H]1CCN(c2ccccc2)C1=O. The van der Waals surface area contributed by atoms with Gasteiger partial charge in [0, 0.05) is 25.9 Å². The van der Waals surface area contributed by atoms with Gasteiger partial charge in [-0.15, -0.1) is 11.8 Å². The molecule has 1 aliphatic rings. The highest BCUT2D eigenvalue weighted by molar-refractivity contribution is 8.00. The van der Waals surface area contributed by atoms with Gasteiger partial charge in [0.15, 0.2) is 0 Å². The fourth-order valence-electron chi connectivity index (χ4n) is 2.10. The van der Waals surface area contributed by atoms with Gasteiger partial charge >= 0.3 is 0 Å². The molecule has 1 fully saturated rings. The minimum Gasteiger partial charge on any atom is -0.385 e. The second-order valence-corrected chi connectivity index (χ2v) is 5.63. The van der Waals surface area contributed by atoms with Crippen molar-refractivity contribution in [3.05, 3.63) is 30.3 Å². The molecule has 0 bridgehead atoms. The Balaban J connectivity index is 1.86. The van der Waals surface area contributed by atoms with Crippen LogP contribution in [-0.4, -0.2) is 37.2 Å². The highest BCUT2D eigenvalue weighted by atomic mass is 32.2. The summed E-state index contributed by atoms with van der Waals surface area (Å²) >= 11 is 1.76. The van der Waals surface area contributed by atoms with E-state index in [1.54, 1.807) is 18.9 Å².